The molecule has 1 fully saturated rings. The Morgan fingerprint density at radius 3 is 2.81 bits per heavy atom. The molecule has 2 rings (SSSR count). The van der Waals surface area contributed by atoms with Gasteiger partial charge in [0.25, 0.3) is 0 Å². The van der Waals surface area contributed by atoms with Crippen molar-refractivity contribution in [2.24, 2.45) is 10.2 Å². The van der Waals surface area contributed by atoms with E-state index in [9.17, 15) is 9.59 Å². The summed E-state index contributed by atoms with van der Waals surface area (Å²) in [6.45, 7) is 2.30. The second-order valence-corrected chi connectivity index (χ2v) is 7.21. The van der Waals surface area contributed by atoms with Crippen molar-refractivity contribution in [1.82, 2.24) is 5.32 Å². The number of carbonyl (C=O) groups excluding carboxylic acids is 1. The molecule has 27 heavy (non-hydrogen) atoms. The first kappa shape index (κ1) is 21.2. The highest BCUT2D eigenvalue weighted by molar-refractivity contribution is 9.10. The Morgan fingerprint density at radius 1 is 1.41 bits per heavy atom. The van der Waals surface area contributed by atoms with Crippen LogP contribution in [0.2, 0.25) is 0 Å². The standard InChI is InChI=1S/C16H18BrN3O6S/c1-2-25-11-5-9(10(17)6-12(11)26-4-3-21)8-18-20-16-19-15(24)13(27-16)7-14(22)23/h5-6,8,13,21H,2-4,7H2,1H3,(H,22,23)(H,19,20,24). The Balaban J connectivity index is 2.13. The van der Waals surface area contributed by atoms with Crippen LogP contribution in [0.25, 0.3) is 0 Å². The van der Waals surface area contributed by atoms with E-state index < -0.39 is 17.1 Å². The minimum Gasteiger partial charge on any atom is -0.490 e. The Labute approximate surface area is 168 Å². The van der Waals surface area contributed by atoms with E-state index in [2.05, 4.69) is 31.4 Å². The first-order valence-corrected chi connectivity index (χ1v) is 9.62. The van der Waals surface area contributed by atoms with Crippen LogP contribution in [-0.2, 0) is 9.59 Å². The van der Waals surface area contributed by atoms with Gasteiger partial charge in [0.1, 0.15) is 11.9 Å². The molecule has 0 radical (unpaired) electrons. The molecule has 0 spiro atoms. The first-order chi connectivity index (χ1) is 12.9. The number of hydrogen-bond acceptors (Lipinski definition) is 8. The molecule has 9 nitrogen and oxygen atoms in total. The van der Waals surface area contributed by atoms with Gasteiger partial charge < -0.3 is 25.0 Å². The third kappa shape index (κ3) is 6.22. The number of benzene rings is 1. The molecular formula is C16H18BrN3O6S. The van der Waals surface area contributed by atoms with E-state index in [1.54, 1.807) is 12.1 Å². The van der Waals surface area contributed by atoms with Gasteiger partial charge in [0.2, 0.25) is 5.91 Å². The van der Waals surface area contributed by atoms with Gasteiger partial charge in [-0.3, -0.25) is 9.59 Å². The number of thioether (sulfide) groups is 1. The average Bonchev–Trinajstić information content (AvgIpc) is 2.95. The zero-order chi connectivity index (χ0) is 19.8. The Morgan fingerprint density at radius 2 is 2.15 bits per heavy atom. The van der Waals surface area contributed by atoms with Gasteiger partial charge in [0, 0.05) is 10.0 Å². The predicted octanol–water partition coefficient (Wildman–Crippen LogP) is 1.62. The highest BCUT2D eigenvalue weighted by Crippen LogP contribution is 2.33. The van der Waals surface area contributed by atoms with Crippen molar-refractivity contribution < 1.29 is 29.3 Å². The van der Waals surface area contributed by atoms with E-state index in [1.165, 1.54) is 6.21 Å². The summed E-state index contributed by atoms with van der Waals surface area (Å²) in [4.78, 5) is 22.4. The maximum Gasteiger partial charge on any atom is 0.305 e. The lowest BCUT2D eigenvalue weighted by Crippen LogP contribution is -2.26. The summed E-state index contributed by atoms with van der Waals surface area (Å²) in [6.07, 6.45) is 1.18. The molecule has 146 valence electrons. The SMILES string of the molecule is CCOc1cc(C=NN=C2NC(=O)C(CC(=O)O)S2)c(Br)cc1OCCO. The quantitative estimate of drug-likeness (QED) is 0.377. The normalized spacial score (nSPS) is 18.1. The number of aliphatic hydroxyl groups excluding tert-OH is 1. The monoisotopic (exact) mass is 459 g/mol. The second-order valence-electron chi connectivity index (χ2n) is 5.17. The number of nitrogens with one attached hydrogen (secondary N) is 1. The fourth-order valence-corrected chi connectivity index (χ4v) is 3.42. The van der Waals surface area contributed by atoms with Crippen molar-refractivity contribution >= 4 is 51.0 Å². The van der Waals surface area contributed by atoms with Crippen LogP contribution in [-0.4, -0.2) is 58.5 Å². The van der Waals surface area contributed by atoms with Gasteiger partial charge in [-0.1, -0.05) is 11.8 Å². The molecule has 1 atom stereocenters. The number of carboxylic acid groups (broad SMARTS) is 1. The van der Waals surface area contributed by atoms with E-state index in [-0.39, 0.29) is 24.8 Å². The summed E-state index contributed by atoms with van der Waals surface area (Å²) in [5.41, 5.74) is 0.663. The van der Waals surface area contributed by atoms with Crippen molar-refractivity contribution in [2.45, 2.75) is 18.6 Å². The highest BCUT2D eigenvalue weighted by atomic mass is 79.9. The van der Waals surface area contributed by atoms with E-state index in [4.69, 9.17) is 19.7 Å². The van der Waals surface area contributed by atoms with Gasteiger partial charge in [-0.05, 0) is 35.0 Å². The minimum atomic E-state index is -1.05. The first-order valence-electron chi connectivity index (χ1n) is 7.95. The second kappa shape index (κ2) is 10.3. The number of amides is 1. The lowest BCUT2D eigenvalue weighted by Gasteiger charge is -2.13. The van der Waals surface area contributed by atoms with Crippen LogP contribution in [0.5, 0.6) is 11.5 Å². The fourth-order valence-electron chi connectivity index (χ4n) is 2.08. The van der Waals surface area contributed by atoms with Crippen molar-refractivity contribution in [3.63, 3.8) is 0 Å². The number of halogens is 1. The third-order valence-corrected chi connectivity index (χ3v) is 4.95. The Kier molecular flexibility index (Phi) is 8.07. The molecule has 1 heterocycles. The highest BCUT2D eigenvalue weighted by Gasteiger charge is 2.32. The molecule has 1 unspecified atom stereocenters. The molecule has 1 aromatic rings. The lowest BCUT2D eigenvalue weighted by molar-refractivity contribution is -0.138. The van der Waals surface area contributed by atoms with Crippen LogP contribution in [0, 0.1) is 0 Å². The van der Waals surface area contributed by atoms with Crippen LogP contribution < -0.4 is 14.8 Å². The van der Waals surface area contributed by atoms with E-state index in [1.807, 2.05) is 6.92 Å². The number of hydrogen-bond donors (Lipinski definition) is 3. The number of nitrogens with zero attached hydrogens (tertiary/aromatic N) is 2. The molecule has 1 amide bonds. The maximum absolute atomic E-state index is 11.7. The molecule has 0 aromatic heterocycles. The van der Waals surface area contributed by atoms with Crippen molar-refractivity contribution in [3.8, 4) is 11.5 Å². The van der Waals surface area contributed by atoms with E-state index in [0.29, 0.717) is 28.1 Å². The fraction of sp³-hybridized carbons (Fsp3) is 0.375. The topological polar surface area (TPSA) is 130 Å². The summed E-state index contributed by atoms with van der Waals surface area (Å²) >= 11 is 4.43. The van der Waals surface area contributed by atoms with Gasteiger partial charge in [0.05, 0.1) is 25.8 Å². The molecule has 1 aliphatic rings. The number of ether oxygens (including phenoxy) is 2. The molecular weight excluding hydrogens is 442 g/mol. The minimum absolute atomic E-state index is 0.115. The van der Waals surface area contributed by atoms with Crippen LogP contribution in [0.15, 0.2) is 26.8 Å². The van der Waals surface area contributed by atoms with Crippen molar-refractivity contribution in [1.29, 1.82) is 0 Å². The molecule has 0 saturated carbocycles. The summed E-state index contributed by atoms with van der Waals surface area (Å²) in [5, 5.41) is 27.5. The van der Waals surface area contributed by atoms with Crippen LogP contribution >= 0.6 is 27.7 Å². The van der Waals surface area contributed by atoms with Crippen LogP contribution in [0.4, 0.5) is 0 Å². The summed E-state index contributed by atoms with van der Waals surface area (Å²) in [5.74, 6) is -0.477. The maximum atomic E-state index is 11.7. The van der Waals surface area contributed by atoms with Crippen molar-refractivity contribution in [3.05, 3.63) is 22.2 Å². The summed E-state index contributed by atoms with van der Waals surface area (Å²) in [7, 11) is 0. The van der Waals surface area contributed by atoms with E-state index in [0.717, 1.165) is 11.8 Å². The molecule has 1 aromatic carbocycles. The largest absolute Gasteiger partial charge is 0.490 e. The van der Waals surface area contributed by atoms with Crippen LogP contribution in [0.3, 0.4) is 0 Å². The Hall–Kier alpha value is -2.11. The third-order valence-electron chi connectivity index (χ3n) is 3.19. The molecule has 3 N–H and O–H groups in total. The average molecular weight is 460 g/mol. The molecule has 11 heteroatoms. The van der Waals surface area contributed by atoms with Gasteiger partial charge in [-0.15, -0.1) is 5.10 Å². The molecule has 1 aliphatic heterocycles. The lowest BCUT2D eigenvalue weighted by atomic mass is 10.2. The van der Waals surface area contributed by atoms with Gasteiger partial charge in [0.15, 0.2) is 16.7 Å². The number of rotatable bonds is 9. The molecule has 0 aliphatic carbocycles. The smallest absolute Gasteiger partial charge is 0.305 e. The number of carbonyl (C=O) groups is 2. The number of aliphatic hydroxyl groups is 1. The predicted molar refractivity (Wildman–Crippen MR) is 105 cm³/mol. The zero-order valence-electron chi connectivity index (χ0n) is 14.3. The van der Waals surface area contributed by atoms with Crippen molar-refractivity contribution in [2.75, 3.05) is 19.8 Å². The zero-order valence-corrected chi connectivity index (χ0v) is 16.7. The summed E-state index contributed by atoms with van der Waals surface area (Å²) in [6, 6.07) is 3.40. The van der Waals surface area contributed by atoms with Gasteiger partial charge in [-0.25, -0.2) is 0 Å². The number of amidine groups is 1. The van der Waals surface area contributed by atoms with Gasteiger partial charge >= 0.3 is 5.97 Å². The number of carboxylic acids is 1. The molecule has 0 bridgehead atoms. The summed E-state index contributed by atoms with van der Waals surface area (Å²) < 4.78 is 11.6. The Bertz CT molecular complexity index is 771. The number of aliphatic carboxylic acids is 1. The van der Waals surface area contributed by atoms with E-state index >= 15 is 0 Å². The van der Waals surface area contributed by atoms with Crippen LogP contribution in [0.1, 0.15) is 18.9 Å². The molecule has 1 saturated heterocycles. The van der Waals surface area contributed by atoms with Gasteiger partial charge in [-0.2, -0.15) is 5.10 Å².